The summed E-state index contributed by atoms with van der Waals surface area (Å²) >= 11 is 11.6. The standard InChI is InChI=1S/C22H23FN2O2S.2C20H20FN3OS.C15H10ClFN2O2S.C7H12/c1-2-27-22(26)20-21-17(13-19(28-21)15-9-6-10-16(23)12-15)18(24-25-20)11-14-7-4-3-5-8-14;2*21-14-8-4-7-13(10-14)17-11-15-16(9-12-5-2-1-3-6-12)23-24-18(20(22)25)19(15)26-17;1-2-21-15(20)12-13-10(14(16)19-18-12)7-11(22-13)8-4-3-5-9(17)6-8;1-7-5-3-2-4-6-7/h6,9-10,12-14H,2-5,7-8,11H2,1H3;2*4,7-8,10-12H,1-3,5-6,9H2,(H2,22,25);3-7H,2H2,1H3;1-6H2. The highest BCUT2D eigenvalue weighted by molar-refractivity contribution is 7.24. The molecule has 2 amide bonds. The molecule has 0 bridgehead atoms. The van der Waals surface area contributed by atoms with Gasteiger partial charge >= 0.3 is 11.9 Å². The molecule has 16 rings (SSSR count). The molecule has 566 valence electrons. The van der Waals surface area contributed by atoms with Gasteiger partial charge in [-0.25, -0.2) is 27.2 Å². The van der Waals surface area contributed by atoms with Gasteiger partial charge in [-0.05, 0) is 172 Å². The van der Waals surface area contributed by atoms with E-state index < -0.39 is 23.8 Å². The van der Waals surface area contributed by atoms with Crippen molar-refractivity contribution < 1.29 is 46.2 Å². The highest BCUT2D eigenvalue weighted by Crippen LogP contribution is 2.43. The predicted octanol–water partition coefficient (Wildman–Crippen LogP) is 22.1. The topological polar surface area (TPSA) is 242 Å². The first kappa shape index (κ1) is 79.2. The van der Waals surface area contributed by atoms with E-state index >= 15 is 0 Å². The minimum atomic E-state index is -0.584. The number of nitrogens with zero attached hydrogens (tertiary/aromatic N) is 8. The minimum absolute atomic E-state index is 0.119. The number of thiophene rings is 4. The SMILES string of the molecule is C=C1CCCCC1.CCOC(=O)c1nnc(CC2CCCCC2)c2cc(-c3cccc(F)c3)sc12.CCOC(=O)c1nnc(Cl)c2cc(-c3cccc(F)c3)sc12.NC(=O)c1nnc(CC2CCCCC2)c2cc(-c3cccc(F)c3)sc12.NC(=O)c1nnc(CC2CCCCC2)c2cc(-c3cccc(F)c3)sc12. The first-order valence-electron chi connectivity index (χ1n) is 37.4. The molecule has 4 aliphatic carbocycles. The summed E-state index contributed by atoms with van der Waals surface area (Å²) in [5.41, 5.74) is 19.0. The van der Waals surface area contributed by atoms with E-state index in [2.05, 4.69) is 47.4 Å². The largest absolute Gasteiger partial charge is 0.461 e. The number of benzene rings is 4. The van der Waals surface area contributed by atoms with Gasteiger partial charge in [0.15, 0.2) is 27.9 Å². The van der Waals surface area contributed by atoms with Gasteiger partial charge in [-0.1, -0.05) is 175 Å². The van der Waals surface area contributed by atoms with E-state index in [0.29, 0.717) is 33.4 Å². The molecular formula is C84H85ClF4N10O6S4. The Balaban J connectivity index is 0.000000132. The van der Waals surface area contributed by atoms with Gasteiger partial charge in [-0.3, -0.25) is 9.59 Å². The summed E-state index contributed by atoms with van der Waals surface area (Å²) in [6.45, 7) is 7.93. The average molecular weight is 1570 g/mol. The smallest absolute Gasteiger partial charge is 0.360 e. The van der Waals surface area contributed by atoms with Crippen molar-refractivity contribution >= 4 is 121 Å². The number of rotatable bonds is 16. The maximum Gasteiger partial charge on any atom is 0.360 e. The number of allylic oxidation sites excluding steroid dienone is 1. The van der Waals surface area contributed by atoms with Crippen LogP contribution in [0.2, 0.25) is 5.15 Å². The molecule has 109 heavy (non-hydrogen) atoms. The number of hydrogen-bond acceptors (Lipinski definition) is 18. The first-order chi connectivity index (χ1) is 52.9. The number of esters is 2. The number of primary amides is 2. The van der Waals surface area contributed by atoms with Crippen LogP contribution in [0.5, 0.6) is 0 Å². The number of halogens is 5. The number of carbonyl (C=O) groups excluding carboxylic acids is 4. The fourth-order valence-corrected chi connectivity index (χ4v) is 19.4. The second-order valence-corrected chi connectivity index (χ2v) is 32.5. The third kappa shape index (κ3) is 20.4. The number of nitrogens with two attached hydrogens (primary N) is 2. The van der Waals surface area contributed by atoms with Crippen molar-refractivity contribution in [2.45, 2.75) is 162 Å². The van der Waals surface area contributed by atoms with Crippen LogP contribution < -0.4 is 11.5 Å². The van der Waals surface area contributed by atoms with Crippen molar-refractivity contribution in [1.29, 1.82) is 0 Å². The Bertz CT molecular complexity index is 5080. The van der Waals surface area contributed by atoms with E-state index in [1.54, 1.807) is 50.2 Å². The summed E-state index contributed by atoms with van der Waals surface area (Å²) in [4.78, 5) is 51.4. The third-order valence-electron chi connectivity index (χ3n) is 20.0. The van der Waals surface area contributed by atoms with Crippen LogP contribution in [0.3, 0.4) is 0 Å². The summed E-state index contributed by atoms with van der Waals surface area (Å²) in [6, 6.07) is 33.4. The van der Waals surface area contributed by atoms with Crippen LogP contribution in [0.4, 0.5) is 17.6 Å². The van der Waals surface area contributed by atoms with Gasteiger partial charge in [0.05, 0.1) is 49.1 Å². The van der Waals surface area contributed by atoms with Crippen LogP contribution in [0.25, 0.3) is 82.1 Å². The molecule has 0 radical (unpaired) electrons. The number of amides is 2. The maximum absolute atomic E-state index is 13.7. The van der Waals surface area contributed by atoms with E-state index in [1.807, 2.05) is 36.4 Å². The summed E-state index contributed by atoms with van der Waals surface area (Å²) in [5.74, 6) is -1.53. The molecule has 8 aromatic heterocycles. The Morgan fingerprint density at radius 1 is 0.404 bits per heavy atom. The van der Waals surface area contributed by atoms with Gasteiger partial charge in [0, 0.05) is 41.1 Å². The zero-order valence-corrected chi connectivity index (χ0v) is 64.9. The summed E-state index contributed by atoms with van der Waals surface area (Å²) in [7, 11) is 0. The number of aromatic nitrogens is 8. The highest BCUT2D eigenvalue weighted by Gasteiger charge is 2.27. The predicted molar refractivity (Wildman–Crippen MR) is 428 cm³/mol. The summed E-state index contributed by atoms with van der Waals surface area (Å²) < 4.78 is 67.3. The quantitative estimate of drug-likeness (QED) is 0.0519. The Morgan fingerprint density at radius 2 is 0.688 bits per heavy atom. The number of hydrogen-bond donors (Lipinski definition) is 2. The molecule has 4 aromatic carbocycles. The maximum atomic E-state index is 13.7. The van der Waals surface area contributed by atoms with E-state index in [0.717, 1.165) is 103 Å². The van der Waals surface area contributed by atoms with Crippen LogP contribution in [-0.4, -0.2) is 77.8 Å². The minimum Gasteiger partial charge on any atom is -0.461 e. The molecule has 16 nitrogen and oxygen atoms in total. The lowest BCUT2D eigenvalue weighted by atomic mass is 9.85. The molecule has 0 unspecified atom stereocenters. The van der Waals surface area contributed by atoms with Crippen LogP contribution in [0.1, 0.15) is 201 Å². The molecule has 8 heterocycles. The molecule has 0 atom stereocenters. The Labute approximate surface area is 651 Å². The highest BCUT2D eigenvalue weighted by atomic mass is 35.5. The lowest BCUT2D eigenvalue weighted by molar-refractivity contribution is 0.0511. The van der Waals surface area contributed by atoms with Crippen molar-refractivity contribution in [3.05, 3.63) is 202 Å². The zero-order chi connectivity index (χ0) is 76.5. The van der Waals surface area contributed by atoms with E-state index in [1.165, 1.54) is 228 Å². The molecular weight excluding hydrogens is 1480 g/mol. The monoisotopic (exact) mass is 1570 g/mol. The van der Waals surface area contributed by atoms with Gasteiger partial charge in [0.2, 0.25) is 0 Å². The second kappa shape index (κ2) is 37.9. The summed E-state index contributed by atoms with van der Waals surface area (Å²) in [5, 5.41) is 36.7. The van der Waals surface area contributed by atoms with Gasteiger partial charge in [0.1, 0.15) is 23.3 Å². The van der Waals surface area contributed by atoms with E-state index in [9.17, 15) is 36.7 Å². The molecule has 4 fully saturated rings. The molecule has 4 aliphatic rings. The van der Waals surface area contributed by atoms with Crippen molar-refractivity contribution in [2.24, 2.45) is 29.2 Å². The molecule has 4 saturated carbocycles. The molecule has 12 aromatic rings. The average Bonchev–Trinajstić information content (AvgIpc) is 1.66. The van der Waals surface area contributed by atoms with Crippen LogP contribution in [0, 0.1) is 41.0 Å². The Hall–Kier alpha value is -9.33. The fourth-order valence-electron chi connectivity index (χ4n) is 14.5. The second-order valence-electron chi connectivity index (χ2n) is 27.9. The lowest BCUT2D eigenvalue weighted by Crippen LogP contribution is -2.16. The van der Waals surface area contributed by atoms with Crippen LogP contribution in [0.15, 0.2) is 133 Å². The Kier molecular flexibility index (Phi) is 27.5. The number of ether oxygens (including phenoxy) is 2. The number of fused-ring (bicyclic) bond motifs is 4. The molecule has 0 aliphatic heterocycles. The van der Waals surface area contributed by atoms with E-state index in [-0.39, 0.29) is 64.4 Å². The van der Waals surface area contributed by atoms with Gasteiger partial charge in [-0.2, -0.15) is 15.3 Å². The van der Waals surface area contributed by atoms with E-state index in [4.69, 9.17) is 32.5 Å². The van der Waals surface area contributed by atoms with Gasteiger partial charge in [0.25, 0.3) is 11.8 Å². The first-order valence-corrected chi connectivity index (χ1v) is 41.0. The van der Waals surface area contributed by atoms with Crippen LogP contribution >= 0.6 is 56.9 Å². The Morgan fingerprint density at radius 3 is 0.982 bits per heavy atom. The molecule has 25 heteroatoms. The fraction of sp³-hybridized carbons (Fsp3) is 0.357. The molecule has 0 spiro atoms. The van der Waals surface area contributed by atoms with Crippen molar-refractivity contribution in [3.63, 3.8) is 0 Å². The van der Waals surface area contributed by atoms with Crippen molar-refractivity contribution in [2.75, 3.05) is 13.2 Å². The molecule has 0 saturated heterocycles. The van der Waals surface area contributed by atoms with Crippen molar-refractivity contribution in [1.82, 2.24) is 40.8 Å². The third-order valence-corrected chi connectivity index (χ3v) is 25.1. The van der Waals surface area contributed by atoms with Crippen molar-refractivity contribution in [3.8, 4) is 41.8 Å². The summed E-state index contributed by atoms with van der Waals surface area (Å²) in [6.07, 6.45) is 28.1. The zero-order valence-electron chi connectivity index (χ0n) is 60.9. The van der Waals surface area contributed by atoms with Crippen LogP contribution in [-0.2, 0) is 28.7 Å². The van der Waals surface area contributed by atoms with Gasteiger partial charge in [-0.15, -0.1) is 70.8 Å². The van der Waals surface area contributed by atoms with Gasteiger partial charge < -0.3 is 20.9 Å². The number of carbonyl (C=O) groups is 4. The normalized spacial score (nSPS) is 14.9. The molecule has 4 N–H and O–H groups in total. The lowest BCUT2D eigenvalue weighted by Gasteiger charge is -2.21.